The van der Waals surface area contributed by atoms with Crippen LogP contribution in [0.2, 0.25) is 15.1 Å². The van der Waals surface area contributed by atoms with E-state index in [0.717, 1.165) is 11.3 Å². The zero-order valence-corrected chi connectivity index (χ0v) is 23.1. The topological polar surface area (TPSA) is 54.5 Å². The first-order chi connectivity index (χ1) is 19.3. The van der Waals surface area contributed by atoms with Crippen molar-refractivity contribution in [1.29, 1.82) is 0 Å². The predicted octanol–water partition coefficient (Wildman–Crippen LogP) is 7.96. The van der Waals surface area contributed by atoms with Crippen molar-refractivity contribution >= 4 is 63.9 Å². The number of hydrogen-bond acceptors (Lipinski definition) is 4. The number of anilines is 1. The molecule has 1 fully saturated rings. The highest BCUT2D eigenvalue weighted by Crippen LogP contribution is 2.61. The molecule has 3 atom stereocenters. The molecule has 0 saturated carbocycles. The van der Waals surface area contributed by atoms with Crippen LogP contribution in [0.15, 0.2) is 97.1 Å². The summed E-state index contributed by atoms with van der Waals surface area (Å²) in [6.07, 6.45) is 3.81. The number of halogens is 3. The van der Waals surface area contributed by atoms with Crippen LogP contribution in [-0.4, -0.2) is 29.4 Å². The quantitative estimate of drug-likeness (QED) is 0.181. The number of fused-ring (bicyclic) bond motifs is 5. The van der Waals surface area contributed by atoms with Crippen molar-refractivity contribution in [3.63, 3.8) is 0 Å². The van der Waals surface area contributed by atoms with Crippen LogP contribution in [0, 0.1) is 5.41 Å². The summed E-state index contributed by atoms with van der Waals surface area (Å²) in [6, 6.07) is 24.6. The molecule has 3 aliphatic rings. The lowest BCUT2D eigenvalue weighted by atomic mass is 9.64. The number of Topliss-reactive ketones (excluding diaryl/α,β-unsaturated/α-hetero) is 3. The molecule has 4 aromatic carbocycles. The average Bonchev–Trinajstić information content (AvgIpc) is 3.39. The van der Waals surface area contributed by atoms with Gasteiger partial charge in [0.25, 0.3) is 0 Å². The molecule has 0 radical (unpaired) electrons. The van der Waals surface area contributed by atoms with Crippen LogP contribution >= 0.6 is 34.8 Å². The van der Waals surface area contributed by atoms with E-state index in [-0.39, 0.29) is 17.3 Å². The third-order valence-corrected chi connectivity index (χ3v) is 9.22. The minimum atomic E-state index is -1.63. The molecule has 7 heteroatoms. The van der Waals surface area contributed by atoms with Crippen molar-refractivity contribution in [2.45, 2.75) is 18.0 Å². The predicted molar refractivity (Wildman–Crippen MR) is 158 cm³/mol. The van der Waals surface area contributed by atoms with Crippen molar-refractivity contribution in [2.24, 2.45) is 5.41 Å². The fraction of sp³-hybridized carbons (Fsp3) is 0.121. The van der Waals surface area contributed by atoms with Crippen LogP contribution in [0.4, 0.5) is 5.69 Å². The smallest absolute Gasteiger partial charge is 0.185 e. The maximum atomic E-state index is 14.6. The van der Waals surface area contributed by atoms with Gasteiger partial charge in [0.1, 0.15) is 11.5 Å². The number of carbonyl (C=O) groups is 3. The van der Waals surface area contributed by atoms with E-state index in [9.17, 15) is 14.4 Å². The maximum Gasteiger partial charge on any atom is 0.185 e. The van der Waals surface area contributed by atoms with Gasteiger partial charge >= 0.3 is 0 Å². The lowest BCUT2D eigenvalue weighted by Crippen LogP contribution is -2.48. The van der Waals surface area contributed by atoms with Crippen molar-refractivity contribution in [2.75, 3.05) is 4.90 Å². The fourth-order valence-corrected chi connectivity index (χ4v) is 7.45. The van der Waals surface area contributed by atoms with E-state index in [1.165, 1.54) is 0 Å². The molecule has 0 bridgehead atoms. The van der Waals surface area contributed by atoms with Crippen LogP contribution in [-0.2, 0) is 0 Å². The van der Waals surface area contributed by atoms with Crippen LogP contribution in [0.1, 0.15) is 48.1 Å². The second kappa shape index (κ2) is 9.17. The second-order valence-corrected chi connectivity index (χ2v) is 11.6. The highest BCUT2D eigenvalue weighted by molar-refractivity contribution is 6.36. The summed E-state index contributed by atoms with van der Waals surface area (Å²) in [5.41, 5.74) is 1.68. The SMILES string of the molecule is O=C(c1ccc(Cl)cc1)C1C(c2ccc(Cl)cc2Cl)C2(C(=O)c3ccccc3C2=O)C2C=Cc3ccccc3N12. The Balaban J connectivity index is 1.56. The number of benzene rings is 4. The Morgan fingerprint density at radius 2 is 1.38 bits per heavy atom. The van der Waals surface area contributed by atoms with Gasteiger partial charge in [-0.2, -0.15) is 0 Å². The normalized spacial score (nSPS) is 21.9. The van der Waals surface area contributed by atoms with Gasteiger partial charge in [-0.05, 0) is 53.6 Å². The standard InChI is InChI=1S/C33H20Cl3NO3/c34-20-12-9-19(10-13-20)30(38)29-28(24-15-14-21(35)17-25(24)36)33(31(39)22-6-2-3-7-23(22)32(33)40)27-16-11-18-5-1-4-8-26(18)37(27)29/h1-17,27-29H. The first-order valence-electron chi connectivity index (χ1n) is 12.8. The second-order valence-electron chi connectivity index (χ2n) is 10.3. The molecule has 0 N–H and O–H groups in total. The number of rotatable bonds is 3. The minimum Gasteiger partial charge on any atom is -0.352 e. The Labute approximate surface area is 245 Å². The number of carbonyl (C=O) groups excluding carboxylic acids is 3. The van der Waals surface area contributed by atoms with Crippen molar-refractivity contribution in [3.05, 3.63) is 140 Å². The van der Waals surface area contributed by atoms with Crippen LogP contribution in [0.25, 0.3) is 6.08 Å². The Bertz CT molecular complexity index is 1740. The summed E-state index contributed by atoms with van der Waals surface area (Å²) in [6.45, 7) is 0. The zero-order chi connectivity index (χ0) is 27.8. The molecule has 7 rings (SSSR count). The third kappa shape index (κ3) is 3.37. The number of nitrogens with zero attached hydrogens (tertiary/aromatic N) is 1. The van der Waals surface area contributed by atoms with E-state index in [2.05, 4.69) is 0 Å². The summed E-state index contributed by atoms with van der Waals surface area (Å²) in [5.74, 6) is -1.77. The van der Waals surface area contributed by atoms with Gasteiger partial charge in [-0.15, -0.1) is 0 Å². The average molecular weight is 585 g/mol. The fourth-order valence-electron chi connectivity index (χ4n) is 6.80. The van der Waals surface area contributed by atoms with Gasteiger partial charge in [0.05, 0.1) is 6.04 Å². The van der Waals surface area contributed by atoms with E-state index in [0.29, 0.717) is 37.3 Å². The van der Waals surface area contributed by atoms with Gasteiger partial charge in [-0.3, -0.25) is 14.4 Å². The lowest BCUT2D eigenvalue weighted by molar-refractivity contribution is 0.0666. The minimum absolute atomic E-state index is 0.240. The molecule has 0 aromatic heterocycles. The van der Waals surface area contributed by atoms with E-state index in [1.807, 2.05) is 41.3 Å². The Morgan fingerprint density at radius 1 is 0.750 bits per heavy atom. The molecule has 2 aliphatic heterocycles. The number of ketones is 3. The van der Waals surface area contributed by atoms with Gasteiger partial charge in [-0.25, -0.2) is 0 Å². The summed E-state index contributed by atoms with van der Waals surface area (Å²) in [5, 5.41) is 1.20. The molecule has 1 spiro atoms. The number of para-hydroxylation sites is 1. The van der Waals surface area contributed by atoms with Crippen molar-refractivity contribution in [1.82, 2.24) is 0 Å². The molecule has 196 valence electrons. The first kappa shape index (κ1) is 25.3. The van der Waals surface area contributed by atoms with E-state index in [4.69, 9.17) is 34.8 Å². The molecular weight excluding hydrogens is 565 g/mol. The van der Waals surface area contributed by atoms with E-state index >= 15 is 0 Å². The Morgan fingerprint density at radius 3 is 2.05 bits per heavy atom. The summed E-state index contributed by atoms with van der Waals surface area (Å²) in [7, 11) is 0. The Hall–Kier alpha value is -3.70. The van der Waals surface area contributed by atoms with Crippen LogP contribution < -0.4 is 4.90 Å². The van der Waals surface area contributed by atoms with Gasteiger partial charge in [0, 0.05) is 43.4 Å². The summed E-state index contributed by atoms with van der Waals surface area (Å²) in [4.78, 5) is 45.8. The molecule has 2 heterocycles. The van der Waals surface area contributed by atoms with Gasteiger partial charge in [-0.1, -0.05) is 95.5 Å². The first-order valence-corrected chi connectivity index (χ1v) is 14.0. The monoisotopic (exact) mass is 583 g/mol. The van der Waals surface area contributed by atoms with E-state index in [1.54, 1.807) is 66.7 Å². The third-order valence-electron chi connectivity index (χ3n) is 8.41. The molecule has 40 heavy (non-hydrogen) atoms. The largest absolute Gasteiger partial charge is 0.352 e. The molecular formula is C33H20Cl3NO3. The molecule has 1 saturated heterocycles. The van der Waals surface area contributed by atoms with Crippen LogP contribution in [0.5, 0.6) is 0 Å². The summed E-state index contributed by atoms with van der Waals surface area (Å²) < 4.78 is 0. The molecule has 3 unspecified atom stereocenters. The molecule has 4 nitrogen and oxygen atoms in total. The number of hydrogen-bond donors (Lipinski definition) is 0. The van der Waals surface area contributed by atoms with E-state index < -0.39 is 23.4 Å². The molecule has 1 aliphatic carbocycles. The van der Waals surface area contributed by atoms with Crippen molar-refractivity contribution in [3.8, 4) is 0 Å². The Kier molecular flexibility index (Phi) is 5.79. The molecule has 4 aromatic rings. The zero-order valence-electron chi connectivity index (χ0n) is 20.9. The van der Waals surface area contributed by atoms with Crippen LogP contribution in [0.3, 0.4) is 0 Å². The van der Waals surface area contributed by atoms with Gasteiger partial charge in [0.2, 0.25) is 0 Å². The molecule has 0 amide bonds. The highest BCUT2D eigenvalue weighted by Gasteiger charge is 2.71. The highest BCUT2D eigenvalue weighted by atomic mass is 35.5. The van der Waals surface area contributed by atoms with Crippen molar-refractivity contribution < 1.29 is 14.4 Å². The summed E-state index contributed by atoms with van der Waals surface area (Å²) >= 11 is 19.3. The lowest BCUT2D eigenvalue weighted by Gasteiger charge is -2.37. The van der Waals surface area contributed by atoms with Gasteiger partial charge < -0.3 is 4.90 Å². The maximum absolute atomic E-state index is 14.6. The van der Waals surface area contributed by atoms with Gasteiger partial charge in [0.15, 0.2) is 17.3 Å².